The lowest BCUT2D eigenvalue weighted by molar-refractivity contribution is 0.164. The van der Waals surface area contributed by atoms with Crippen LogP contribution in [0.1, 0.15) is 18.9 Å². The molecular formula is C24H26N2O5. The van der Waals surface area contributed by atoms with Crippen molar-refractivity contribution in [1.82, 2.24) is 4.90 Å². The molecule has 0 unspecified atom stereocenters. The highest BCUT2D eigenvalue weighted by Gasteiger charge is 2.27. The number of ether oxygens (including phenoxy) is 3. The average Bonchev–Trinajstić information content (AvgIpc) is 3.23. The van der Waals surface area contributed by atoms with Gasteiger partial charge in [-0.05, 0) is 48.2 Å². The van der Waals surface area contributed by atoms with E-state index in [4.69, 9.17) is 18.6 Å². The van der Waals surface area contributed by atoms with Crippen LogP contribution < -0.4 is 25.2 Å². The maximum atomic E-state index is 12.1. The van der Waals surface area contributed by atoms with Gasteiger partial charge in [-0.25, -0.2) is 4.79 Å². The molecule has 2 atom stereocenters. The van der Waals surface area contributed by atoms with Crippen molar-refractivity contribution in [2.45, 2.75) is 25.9 Å². The van der Waals surface area contributed by atoms with Crippen molar-refractivity contribution in [1.29, 1.82) is 0 Å². The molecule has 1 aromatic heterocycles. The molecule has 1 fully saturated rings. The van der Waals surface area contributed by atoms with Crippen LogP contribution in [-0.4, -0.2) is 37.9 Å². The second-order valence-electron chi connectivity index (χ2n) is 8.28. The monoisotopic (exact) mass is 422 g/mol. The Bertz CT molecular complexity index is 1160. The molecule has 2 aliphatic rings. The lowest BCUT2D eigenvalue weighted by Crippen LogP contribution is -2.44. The van der Waals surface area contributed by atoms with Gasteiger partial charge in [0.25, 0.3) is 0 Å². The van der Waals surface area contributed by atoms with Gasteiger partial charge in [-0.2, -0.15) is 0 Å². The Labute approximate surface area is 180 Å². The first-order valence-corrected chi connectivity index (χ1v) is 10.6. The van der Waals surface area contributed by atoms with Gasteiger partial charge in [0.1, 0.15) is 11.3 Å². The lowest BCUT2D eigenvalue weighted by atomic mass is 9.93. The van der Waals surface area contributed by atoms with Crippen LogP contribution in [0.2, 0.25) is 0 Å². The molecule has 3 heterocycles. The summed E-state index contributed by atoms with van der Waals surface area (Å²) in [4.78, 5) is 14.5. The highest BCUT2D eigenvalue weighted by Crippen LogP contribution is 2.33. The van der Waals surface area contributed by atoms with E-state index in [1.807, 2.05) is 12.1 Å². The third kappa shape index (κ3) is 4.05. The molecule has 2 aromatic carbocycles. The molecule has 5 rings (SSSR count). The van der Waals surface area contributed by atoms with E-state index in [2.05, 4.69) is 29.3 Å². The predicted molar refractivity (Wildman–Crippen MR) is 118 cm³/mol. The Morgan fingerprint density at radius 1 is 1.13 bits per heavy atom. The number of likely N-dealkylation sites (tertiary alicyclic amines) is 1. The number of hydrogen-bond acceptors (Lipinski definition) is 7. The Morgan fingerprint density at radius 2 is 2.00 bits per heavy atom. The van der Waals surface area contributed by atoms with Crippen LogP contribution in [0.15, 0.2) is 51.7 Å². The summed E-state index contributed by atoms with van der Waals surface area (Å²) in [5.74, 6) is 2.79. The fourth-order valence-corrected chi connectivity index (χ4v) is 4.48. The van der Waals surface area contributed by atoms with Gasteiger partial charge in [0.05, 0.1) is 12.8 Å². The molecule has 1 saturated heterocycles. The number of piperidine rings is 1. The molecule has 3 aromatic rings. The molecule has 0 aliphatic carbocycles. The van der Waals surface area contributed by atoms with Crippen molar-refractivity contribution in [2.75, 3.05) is 32.3 Å². The number of hydrogen-bond donors (Lipinski definition) is 1. The molecule has 31 heavy (non-hydrogen) atoms. The molecule has 1 N–H and O–H groups in total. The summed E-state index contributed by atoms with van der Waals surface area (Å²) in [6, 6.07) is 13.4. The SMILES string of the molecule is COc1ccc2oc(=O)cc(N[C@H]3CCN(Cc4ccc5c(c4)OCO5)C[C@H]3C)c2c1. The van der Waals surface area contributed by atoms with Gasteiger partial charge >= 0.3 is 5.63 Å². The largest absolute Gasteiger partial charge is 0.497 e. The van der Waals surface area contributed by atoms with E-state index in [0.29, 0.717) is 18.3 Å². The van der Waals surface area contributed by atoms with Gasteiger partial charge in [0.15, 0.2) is 11.5 Å². The number of methoxy groups -OCH3 is 1. The van der Waals surface area contributed by atoms with Crippen molar-refractivity contribution >= 4 is 16.7 Å². The quantitative estimate of drug-likeness (QED) is 0.626. The van der Waals surface area contributed by atoms with Crippen LogP contribution in [0.25, 0.3) is 11.0 Å². The van der Waals surface area contributed by atoms with Crippen LogP contribution in [0, 0.1) is 5.92 Å². The molecule has 7 nitrogen and oxygen atoms in total. The molecule has 162 valence electrons. The number of anilines is 1. The summed E-state index contributed by atoms with van der Waals surface area (Å²) in [7, 11) is 1.63. The number of fused-ring (bicyclic) bond motifs is 2. The first-order valence-electron chi connectivity index (χ1n) is 10.6. The molecule has 2 aliphatic heterocycles. The number of benzene rings is 2. The minimum Gasteiger partial charge on any atom is -0.497 e. The molecule has 0 radical (unpaired) electrons. The van der Waals surface area contributed by atoms with Crippen molar-refractivity contribution in [3.63, 3.8) is 0 Å². The minimum absolute atomic E-state index is 0.268. The van der Waals surface area contributed by atoms with E-state index >= 15 is 0 Å². The average molecular weight is 422 g/mol. The van der Waals surface area contributed by atoms with E-state index < -0.39 is 0 Å². The van der Waals surface area contributed by atoms with Crippen LogP contribution in [0.4, 0.5) is 5.69 Å². The maximum Gasteiger partial charge on any atom is 0.338 e. The van der Waals surface area contributed by atoms with Crippen LogP contribution in [0.3, 0.4) is 0 Å². The molecule has 7 heteroatoms. The Morgan fingerprint density at radius 3 is 2.84 bits per heavy atom. The van der Waals surface area contributed by atoms with Crippen LogP contribution in [-0.2, 0) is 6.54 Å². The van der Waals surface area contributed by atoms with Crippen molar-refractivity contribution in [2.24, 2.45) is 5.92 Å². The smallest absolute Gasteiger partial charge is 0.338 e. The fraction of sp³-hybridized carbons (Fsp3) is 0.375. The third-order valence-corrected chi connectivity index (χ3v) is 6.12. The van der Waals surface area contributed by atoms with E-state index in [9.17, 15) is 4.79 Å². The molecule has 0 bridgehead atoms. The molecule has 0 saturated carbocycles. The topological polar surface area (TPSA) is 73.2 Å². The van der Waals surface area contributed by atoms with Gasteiger partial charge in [0.2, 0.25) is 6.79 Å². The van der Waals surface area contributed by atoms with E-state index in [0.717, 1.165) is 54.4 Å². The van der Waals surface area contributed by atoms with Gasteiger partial charge in [-0.1, -0.05) is 13.0 Å². The fourth-order valence-electron chi connectivity index (χ4n) is 4.48. The van der Waals surface area contributed by atoms with Gasteiger partial charge in [0, 0.05) is 37.1 Å². The molecule has 0 amide bonds. The predicted octanol–water partition coefficient (Wildman–Crippen LogP) is 3.85. The summed E-state index contributed by atoms with van der Waals surface area (Å²) < 4.78 is 21.6. The van der Waals surface area contributed by atoms with Gasteiger partial charge < -0.3 is 23.9 Å². The maximum absolute atomic E-state index is 12.1. The summed E-state index contributed by atoms with van der Waals surface area (Å²) in [5.41, 5.74) is 2.23. The number of rotatable bonds is 5. The van der Waals surface area contributed by atoms with E-state index in [-0.39, 0.29) is 11.7 Å². The Hall–Kier alpha value is -3.19. The van der Waals surface area contributed by atoms with Gasteiger partial charge in [-0.15, -0.1) is 0 Å². The van der Waals surface area contributed by atoms with Crippen molar-refractivity contribution in [3.05, 3.63) is 58.4 Å². The van der Waals surface area contributed by atoms with E-state index in [1.165, 1.54) is 11.6 Å². The molecule has 0 spiro atoms. The highest BCUT2D eigenvalue weighted by atomic mass is 16.7. The number of nitrogens with zero attached hydrogens (tertiary/aromatic N) is 1. The first-order chi connectivity index (χ1) is 15.1. The lowest BCUT2D eigenvalue weighted by Gasteiger charge is -2.38. The van der Waals surface area contributed by atoms with E-state index in [1.54, 1.807) is 19.2 Å². The number of nitrogens with one attached hydrogen (secondary N) is 1. The standard InChI is InChI=1S/C24H26N2O5/c1-15-12-26(13-16-3-5-22-23(9-16)30-14-29-22)8-7-19(15)25-20-11-24(27)31-21-6-4-17(28-2)10-18(20)21/h3-6,9-11,15,19,25H,7-8,12-14H2,1-2H3/t15-,19+/m1/s1. The van der Waals surface area contributed by atoms with Crippen LogP contribution in [0.5, 0.6) is 17.2 Å². The summed E-state index contributed by atoms with van der Waals surface area (Å²) in [6.45, 7) is 5.36. The van der Waals surface area contributed by atoms with Gasteiger partial charge in [-0.3, -0.25) is 4.90 Å². The second kappa shape index (κ2) is 8.15. The summed E-state index contributed by atoms with van der Waals surface area (Å²) in [6.07, 6.45) is 0.984. The minimum atomic E-state index is -0.354. The zero-order valence-corrected chi connectivity index (χ0v) is 17.7. The third-order valence-electron chi connectivity index (χ3n) is 6.12. The van der Waals surface area contributed by atoms with Crippen LogP contribution >= 0.6 is 0 Å². The molecular weight excluding hydrogens is 396 g/mol. The summed E-state index contributed by atoms with van der Waals surface area (Å²) in [5, 5.41) is 4.46. The second-order valence-corrected chi connectivity index (χ2v) is 8.28. The zero-order chi connectivity index (χ0) is 21.4. The Kier molecular flexibility index (Phi) is 5.19. The first kappa shape index (κ1) is 19.8. The Balaban J connectivity index is 1.29. The van der Waals surface area contributed by atoms with Crippen molar-refractivity contribution < 1.29 is 18.6 Å². The normalized spacial score (nSPS) is 20.7. The zero-order valence-electron chi connectivity index (χ0n) is 17.7. The van der Waals surface area contributed by atoms with Crippen molar-refractivity contribution in [3.8, 4) is 17.2 Å². The summed E-state index contributed by atoms with van der Waals surface area (Å²) >= 11 is 0. The highest BCUT2D eigenvalue weighted by molar-refractivity contribution is 5.90.